The van der Waals surface area contributed by atoms with E-state index in [4.69, 9.17) is 0 Å². The standard InChI is InChI=1S/C29H35N5O5S/c1-32-13-15-33(16-14-32)27(36)10-8-20-25(30-24-5-4-6-26(35)28(20)24)18-22-21-17-19(7-9-23(21)31-29(22)37)40(38,39)34-11-2-3-12-34/h7,9,17-18,30H,2-6,8,10-16H2,1H3,(H,31,37). The zero-order valence-corrected chi connectivity index (χ0v) is 23.6. The molecule has 0 unspecified atom stereocenters. The van der Waals surface area contributed by atoms with E-state index in [1.807, 2.05) is 11.9 Å². The Balaban J connectivity index is 1.34. The zero-order valence-electron chi connectivity index (χ0n) is 22.8. The average molecular weight is 566 g/mol. The number of rotatable bonds is 6. The minimum atomic E-state index is -3.65. The molecular weight excluding hydrogens is 530 g/mol. The van der Waals surface area contributed by atoms with Gasteiger partial charge in [-0.2, -0.15) is 4.31 Å². The quantitative estimate of drug-likeness (QED) is 0.519. The highest BCUT2D eigenvalue weighted by atomic mass is 32.2. The van der Waals surface area contributed by atoms with Crippen molar-refractivity contribution in [2.45, 2.75) is 49.8 Å². The fourth-order valence-electron chi connectivity index (χ4n) is 6.21. The van der Waals surface area contributed by atoms with E-state index in [9.17, 15) is 22.8 Å². The first-order chi connectivity index (χ1) is 19.2. The molecule has 2 fully saturated rings. The summed E-state index contributed by atoms with van der Waals surface area (Å²) >= 11 is 0. The molecule has 11 heteroatoms. The number of hydrogen-bond donors (Lipinski definition) is 2. The number of sulfonamides is 1. The van der Waals surface area contributed by atoms with Gasteiger partial charge in [-0.25, -0.2) is 8.42 Å². The lowest BCUT2D eigenvalue weighted by molar-refractivity contribution is -0.132. The van der Waals surface area contributed by atoms with Gasteiger partial charge in [0.05, 0.1) is 10.5 Å². The van der Waals surface area contributed by atoms with Crippen molar-refractivity contribution in [1.29, 1.82) is 0 Å². The predicted molar refractivity (Wildman–Crippen MR) is 151 cm³/mol. The number of fused-ring (bicyclic) bond motifs is 2. The lowest BCUT2D eigenvalue weighted by Crippen LogP contribution is -2.47. The van der Waals surface area contributed by atoms with Crippen LogP contribution in [0, 0.1) is 0 Å². The summed E-state index contributed by atoms with van der Waals surface area (Å²) in [5.41, 5.74) is 4.29. The van der Waals surface area contributed by atoms with E-state index in [0.717, 1.165) is 50.0 Å². The molecule has 1 aliphatic carbocycles. The number of carbonyl (C=O) groups is 3. The number of aromatic nitrogens is 1. The van der Waals surface area contributed by atoms with Crippen LogP contribution >= 0.6 is 0 Å². The van der Waals surface area contributed by atoms with Gasteiger partial charge in [0.1, 0.15) is 0 Å². The van der Waals surface area contributed by atoms with Crippen molar-refractivity contribution in [1.82, 2.24) is 19.1 Å². The molecule has 0 spiro atoms. The van der Waals surface area contributed by atoms with Crippen LogP contribution in [-0.4, -0.2) is 91.4 Å². The van der Waals surface area contributed by atoms with E-state index in [1.165, 1.54) is 10.4 Å². The Hall–Kier alpha value is -3.28. The highest BCUT2D eigenvalue weighted by Crippen LogP contribution is 2.37. The summed E-state index contributed by atoms with van der Waals surface area (Å²) in [6.45, 7) is 4.05. The number of nitrogens with one attached hydrogen (secondary N) is 2. The molecule has 6 rings (SSSR count). The van der Waals surface area contributed by atoms with Crippen LogP contribution in [-0.2, 0) is 32.5 Å². The van der Waals surface area contributed by atoms with Crippen molar-refractivity contribution in [3.05, 3.63) is 46.3 Å². The van der Waals surface area contributed by atoms with Crippen molar-refractivity contribution >= 4 is 45.0 Å². The highest BCUT2D eigenvalue weighted by Gasteiger charge is 2.32. The van der Waals surface area contributed by atoms with Gasteiger partial charge >= 0.3 is 0 Å². The number of carbonyl (C=O) groups excluding carboxylic acids is 3. The molecule has 4 heterocycles. The molecule has 0 radical (unpaired) electrons. The van der Waals surface area contributed by atoms with Crippen LogP contribution < -0.4 is 5.32 Å². The minimum Gasteiger partial charge on any atom is -0.358 e. The average Bonchev–Trinajstić information content (AvgIpc) is 3.67. The first-order valence-corrected chi connectivity index (χ1v) is 15.6. The van der Waals surface area contributed by atoms with Crippen LogP contribution in [0.3, 0.4) is 0 Å². The summed E-state index contributed by atoms with van der Waals surface area (Å²) in [6.07, 6.45) is 6.00. The maximum atomic E-state index is 13.2. The normalized spacial score (nSPS) is 21.1. The number of benzene rings is 1. The number of anilines is 1. The Morgan fingerprint density at radius 1 is 1.00 bits per heavy atom. The van der Waals surface area contributed by atoms with Gasteiger partial charge in [-0.3, -0.25) is 14.4 Å². The van der Waals surface area contributed by atoms with Gasteiger partial charge < -0.3 is 20.1 Å². The van der Waals surface area contributed by atoms with E-state index < -0.39 is 10.0 Å². The Labute approximate surface area is 234 Å². The predicted octanol–water partition coefficient (Wildman–Crippen LogP) is 2.52. The van der Waals surface area contributed by atoms with Crippen LogP contribution in [0.4, 0.5) is 5.69 Å². The lowest BCUT2D eigenvalue weighted by atomic mass is 9.91. The first-order valence-electron chi connectivity index (χ1n) is 14.1. The smallest absolute Gasteiger partial charge is 0.256 e. The topological polar surface area (TPSA) is 123 Å². The number of aryl methyl sites for hydroxylation is 1. The van der Waals surface area contributed by atoms with Gasteiger partial charge in [-0.1, -0.05) is 0 Å². The molecule has 2 N–H and O–H groups in total. The molecule has 0 saturated carbocycles. The number of piperazine rings is 1. The van der Waals surface area contributed by atoms with Crippen LogP contribution in [0.1, 0.15) is 65.0 Å². The molecular formula is C29H35N5O5S. The second kappa shape index (κ2) is 10.6. The zero-order chi connectivity index (χ0) is 28.0. The Bertz CT molecular complexity index is 1510. The summed E-state index contributed by atoms with van der Waals surface area (Å²) in [7, 11) is -1.61. The number of Topliss-reactive ketones (excluding diaryl/α,β-unsaturated/α-hetero) is 1. The fourth-order valence-corrected chi connectivity index (χ4v) is 7.76. The number of H-pyrrole nitrogens is 1. The van der Waals surface area contributed by atoms with Gasteiger partial charge in [-0.15, -0.1) is 0 Å². The molecule has 2 amide bonds. The van der Waals surface area contributed by atoms with Gasteiger partial charge in [0.2, 0.25) is 15.9 Å². The molecule has 4 aliphatic rings. The Morgan fingerprint density at radius 3 is 2.50 bits per heavy atom. The van der Waals surface area contributed by atoms with Gasteiger partial charge in [0.15, 0.2) is 5.78 Å². The van der Waals surface area contributed by atoms with Crippen molar-refractivity contribution in [2.75, 3.05) is 51.6 Å². The third-order valence-corrected chi connectivity index (χ3v) is 10.4. The monoisotopic (exact) mass is 565 g/mol. The largest absolute Gasteiger partial charge is 0.358 e. The summed E-state index contributed by atoms with van der Waals surface area (Å²) in [4.78, 5) is 46.7. The molecule has 212 valence electrons. The highest BCUT2D eigenvalue weighted by molar-refractivity contribution is 7.89. The van der Waals surface area contributed by atoms with Crippen molar-refractivity contribution in [2.24, 2.45) is 0 Å². The van der Waals surface area contributed by atoms with E-state index >= 15 is 0 Å². The van der Waals surface area contributed by atoms with Crippen LogP contribution in [0.2, 0.25) is 0 Å². The fraction of sp³-hybridized carbons (Fsp3) is 0.483. The van der Waals surface area contributed by atoms with Crippen LogP contribution in [0.5, 0.6) is 0 Å². The molecule has 2 saturated heterocycles. The van der Waals surface area contributed by atoms with Gasteiger partial charge in [0.25, 0.3) is 5.91 Å². The summed E-state index contributed by atoms with van der Waals surface area (Å²) in [5, 5.41) is 2.84. The number of ketones is 1. The van der Waals surface area contributed by atoms with Crippen molar-refractivity contribution in [3.8, 4) is 0 Å². The van der Waals surface area contributed by atoms with E-state index in [-0.39, 0.29) is 28.9 Å². The van der Waals surface area contributed by atoms with Crippen LogP contribution in [0.25, 0.3) is 11.6 Å². The first kappa shape index (κ1) is 26.9. The molecule has 3 aliphatic heterocycles. The molecule has 1 aromatic heterocycles. The number of amides is 2. The molecule has 1 aromatic carbocycles. The maximum Gasteiger partial charge on any atom is 0.256 e. The lowest BCUT2D eigenvalue weighted by Gasteiger charge is -2.32. The molecule has 2 aromatic rings. The second-order valence-corrected chi connectivity index (χ2v) is 13.1. The summed E-state index contributed by atoms with van der Waals surface area (Å²) < 4.78 is 27.9. The summed E-state index contributed by atoms with van der Waals surface area (Å²) in [5.74, 6) is -0.214. The number of hydrogen-bond acceptors (Lipinski definition) is 6. The van der Waals surface area contributed by atoms with Crippen molar-refractivity contribution in [3.63, 3.8) is 0 Å². The molecule has 0 bridgehead atoms. The third-order valence-electron chi connectivity index (χ3n) is 8.53. The molecule has 0 atom stereocenters. The van der Waals surface area contributed by atoms with Gasteiger partial charge in [-0.05, 0) is 69.0 Å². The summed E-state index contributed by atoms with van der Waals surface area (Å²) in [6, 6.07) is 4.74. The Kier molecular flexibility index (Phi) is 7.14. The third kappa shape index (κ3) is 4.90. The number of likely N-dealkylation sites (N-methyl/N-ethyl adjacent to an activating group) is 1. The van der Waals surface area contributed by atoms with E-state index in [2.05, 4.69) is 15.2 Å². The minimum absolute atomic E-state index is 0.0551. The van der Waals surface area contributed by atoms with Crippen molar-refractivity contribution < 1.29 is 22.8 Å². The molecule has 10 nitrogen and oxygen atoms in total. The van der Waals surface area contributed by atoms with E-state index in [0.29, 0.717) is 67.1 Å². The number of aromatic amines is 1. The second-order valence-electron chi connectivity index (χ2n) is 11.2. The Morgan fingerprint density at radius 2 is 1.75 bits per heavy atom. The van der Waals surface area contributed by atoms with Gasteiger partial charge in [0, 0.05) is 80.3 Å². The van der Waals surface area contributed by atoms with E-state index in [1.54, 1.807) is 18.2 Å². The van der Waals surface area contributed by atoms with Crippen LogP contribution in [0.15, 0.2) is 23.1 Å². The SMILES string of the molecule is CN1CCN(C(=O)CCc2c(C=C3C(=O)Nc4ccc(S(=O)(=O)N5CCCC5)cc43)[nH]c3c2C(=O)CCC3)CC1. The number of nitrogens with zero attached hydrogens (tertiary/aromatic N) is 3. The molecule has 40 heavy (non-hydrogen) atoms. The maximum absolute atomic E-state index is 13.2.